The number of nitrogens with zero attached hydrogens (tertiary/aromatic N) is 3. The maximum absolute atomic E-state index is 14.3. The molecule has 2 saturated heterocycles. The standard InChI is InChI=1S/C28H26F2N4O2/c1-16-4-6-32-26(28(16)35)17-2-3-23-21(12-17)27(34-8-5-24-25(15-34)36-9-7-31-24)22(14-33-23)18-10-19(29)13-20(30)11-18/h2-4,6,10-14,24-25,31,35H,5,7-9,15H2,1H3/t24-,25-/m1/s1. The van der Waals surface area contributed by atoms with Gasteiger partial charge in [0.1, 0.15) is 23.1 Å². The van der Waals surface area contributed by atoms with Crippen molar-refractivity contribution >= 4 is 16.6 Å². The number of hydrogen-bond acceptors (Lipinski definition) is 6. The zero-order valence-corrected chi connectivity index (χ0v) is 19.8. The minimum Gasteiger partial charge on any atom is -0.505 e. The number of piperidine rings is 1. The molecule has 2 aliphatic rings. The number of halogens is 2. The number of fused-ring (bicyclic) bond motifs is 2. The summed E-state index contributed by atoms with van der Waals surface area (Å²) in [6, 6.07) is 11.3. The predicted molar refractivity (Wildman–Crippen MR) is 135 cm³/mol. The van der Waals surface area contributed by atoms with Crippen molar-refractivity contribution in [2.24, 2.45) is 0 Å². The number of nitrogens with one attached hydrogen (secondary N) is 1. The van der Waals surface area contributed by atoms with Crippen LogP contribution in [0.15, 0.2) is 54.9 Å². The molecule has 2 aromatic carbocycles. The number of aromatic hydroxyl groups is 1. The maximum Gasteiger partial charge on any atom is 0.144 e. The lowest BCUT2D eigenvalue weighted by atomic mass is 9.95. The van der Waals surface area contributed by atoms with Crippen LogP contribution in [0.5, 0.6) is 5.75 Å². The van der Waals surface area contributed by atoms with E-state index in [-0.39, 0.29) is 17.9 Å². The van der Waals surface area contributed by atoms with Crippen LogP contribution in [0.1, 0.15) is 12.0 Å². The fourth-order valence-corrected chi connectivity index (χ4v) is 5.33. The van der Waals surface area contributed by atoms with Gasteiger partial charge in [-0.05, 0) is 54.8 Å². The average molecular weight is 489 g/mol. The Morgan fingerprint density at radius 2 is 1.89 bits per heavy atom. The molecule has 0 unspecified atom stereocenters. The minimum absolute atomic E-state index is 0.0125. The Morgan fingerprint density at radius 3 is 2.72 bits per heavy atom. The van der Waals surface area contributed by atoms with E-state index in [2.05, 4.69) is 20.2 Å². The molecule has 0 bridgehead atoms. The summed E-state index contributed by atoms with van der Waals surface area (Å²) < 4.78 is 34.6. The van der Waals surface area contributed by atoms with Crippen LogP contribution in [0.25, 0.3) is 33.3 Å². The van der Waals surface area contributed by atoms with Gasteiger partial charge in [0.15, 0.2) is 0 Å². The normalized spacial score (nSPS) is 19.9. The van der Waals surface area contributed by atoms with Crippen molar-refractivity contribution in [1.29, 1.82) is 0 Å². The second kappa shape index (κ2) is 9.11. The van der Waals surface area contributed by atoms with E-state index >= 15 is 0 Å². The van der Waals surface area contributed by atoms with Crippen LogP contribution in [0, 0.1) is 18.6 Å². The van der Waals surface area contributed by atoms with Crippen molar-refractivity contribution < 1.29 is 18.6 Å². The summed E-state index contributed by atoms with van der Waals surface area (Å²) >= 11 is 0. The number of aryl methyl sites for hydroxylation is 1. The van der Waals surface area contributed by atoms with E-state index in [4.69, 9.17) is 4.74 Å². The Bertz CT molecular complexity index is 1440. The number of pyridine rings is 2. The molecule has 2 aliphatic heterocycles. The van der Waals surface area contributed by atoms with Gasteiger partial charge in [-0.2, -0.15) is 0 Å². The highest BCUT2D eigenvalue weighted by atomic mass is 19.1. The van der Waals surface area contributed by atoms with E-state index < -0.39 is 11.6 Å². The summed E-state index contributed by atoms with van der Waals surface area (Å²) in [7, 11) is 0. The van der Waals surface area contributed by atoms with E-state index in [1.165, 1.54) is 12.1 Å². The summed E-state index contributed by atoms with van der Waals surface area (Å²) in [5.41, 5.74) is 4.58. The topological polar surface area (TPSA) is 70.5 Å². The summed E-state index contributed by atoms with van der Waals surface area (Å²) in [6.45, 7) is 4.70. The smallest absolute Gasteiger partial charge is 0.144 e. The molecule has 184 valence electrons. The molecule has 6 rings (SSSR count). The van der Waals surface area contributed by atoms with Crippen LogP contribution in [-0.2, 0) is 4.74 Å². The van der Waals surface area contributed by atoms with Gasteiger partial charge in [-0.1, -0.05) is 6.07 Å². The highest BCUT2D eigenvalue weighted by molar-refractivity contribution is 6.01. The first-order valence-electron chi connectivity index (χ1n) is 12.1. The number of morpholine rings is 1. The third kappa shape index (κ3) is 4.06. The molecule has 8 heteroatoms. The van der Waals surface area contributed by atoms with Crippen LogP contribution >= 0.6 is 0 Å². The van der Waals surface area contributed by atoms with Gasteiger partial charge >= 0.3 is 0 Å². The molecule has 0 radical (unpaired) electrons. The van der Waals surface area contributed by atoms with Gasteiger partial charge in [0.25, 0.3) is 0 Å². The average Bonchev–Trinajstić information content (AvgIpc) is 2.88. The van der Waals surface area contributed by atoms with Crippen LogP contribution in [-0.4, -0.2) is 53.5 Å². The number of anilines is 1. The number of hydrogen-bond donors (Lipinski definition) is 2. The highest BCUT2D eigenvalue weighted by Crippen LogP contribution is 2.41. The van der Waals surface area contributed by atoms with Crippen molar-refractivity contribution in [3.05, 3.63) is 72.1 Å². The number of ether oxygens (including phenoxy) is 1. The second-order valence-electron chi connectivity index (χ2n) is 9.44. The van der Waals surface area contributed by atoms with E-state index in [0.717, 1.165) is 53.3 Å². The van der Waals surface area contributed by atoms with Gasteiger partial charge in [0.2, 0.25) is 0 Å². The molecule has 2 N–H and O–H groups in total. The van der Waals surface area contributed by atoms with E-state index in [0.29, 0.717) is 30.0 Å². The molecule has 0 spiro atoms. The first-order chi connectivity index (χ1) is 17.5. The fraction of sp³-hybridized carbons (Fsp3) is 0.286. The Hall–Kier alpha value is -3.62. The lowest BCUT2D eigenvalue weighted by Gasteiger charge is -2.43. The molecule has 2 aromatic heterocycles. The molecule has 0 saturated carbocycles. The van der Waals surface area contributed by atoms with Crippen molar-refractivity contribution in [2.45, 2.75) is 25.5 Å². The highest BCUT2D eigenvalue weighted by Gasteiger charge is 2.33. The molecular formula is C28H26F2N4O2. The zero-order valence-electron chi connectivity index (χ0n) is 19.8. The van der Waals surface area contributed by atoms with Gasteiger partial charge in [-0.15, -0.1) is 0 Å². The third-order valence-electron chi connectivity index (χ3n) is 7.13. The van der Waals surface area contributed by atoms with Crippen molar-refractivity contribution in [2.75, 3.05) is 31.1 Å². The summed E-state index contributed by atoms with van der Waals surface area (Å²) in [5.74, 6) is -1.16. The van der Waals surface area contributed by atoms with Crippen molar-refractivity contribution in [1.82, 2.24) is 15.3 Å². The van der Waals surface area contributed by atoms with Gasteiger partial charge in [0, 0.05) is 60.6 Å². The summed E-state index contributed by atoms with van der Waals surface area (Å²) in [4.78, 5) is 11.3. The van der Waals surface area contributed by atoms with Gasteiger partial charge < -0.3 is 20.1 Å². The molecule has 6 nitrogen and oxygen atoms in total. The van der Waals surface area contributed by atoms with Crippen LogP contribution in [0.2, 0.25) is 0 Å². The van der Waals surface area contributed by atoms with Gasteiger partial charge in [0.05, 0.1) is 23.9 Å². The number of aromatic nitrogens is 2. The fourth-order valence-electron chi connectivity index (χ4n) is 5.33. The zero-order chi connectivity index (χ0) is 24.8. The van der Waals surface area contributed by atoms with Crippen LogP contribution in [0.3, 0.4) is 0 Å². The number of rotatable bonds is 3. The Morgan fingerprint density at radius 1 is 1.06 bits per heavy atom. The van der Waals surface area contributed by atoms with E-state index in [1.54, 1.807) is 18.5 Å². The minimum atomic E-state index is -0.641. The summed E-state index contributed by atoms with van der Waals surface area (Å²) in [5, 5.41) is 15.0. The van der Waals surface area contributed by atoms with E-state index in [1.807, 2.05) is 25.1 Å². The van der Waals surface area contributed by atoms with E-state index in [9.17, 15) is 13.9 Å². The quantitative estimate of drug-likeness (QED) is 0.431. The largest absolute Gasteiger partial charge is 0.505 e. The monoisotopic (exact) mass is 488 g/mol. The maximum atomic E-state index is 14.3. The first-order valence-corrected chi connectivity index (χ1v) is 12.1. The SMILES string of the molecule is Cc1ccnc(-c2ccc3ncc(-c4cc(F)cc(F)c4)c(N4CC[C@H]5NCCO[C@@H]5C4)c3c2)c1O. The molecule has 36 heavy (non-hydrogen) atoms. The van der Waals surface area contributed by atoms with Crippen molar-refractivity contribution in [3.63, 3.8) is 0 Å². The molecule has 4 aromatic rings. The molecule has 0 amide bonds. The Balaban J connectivity index is 1.56. The summed E-state index contributed by atoms with van der Waals surface area (Å²) in [6.07, 6.45) is 4.24. The molecule has 2 fully saturated rings. The van der Waals surface area contributed by atoms with Crippen molar-refractivity contribution in [3.8, 4) is 28.1 Å². The van der Waals surface area contributed by atoms with Gasteiger partial charge in [-0.3, -0.25) is 9.97 Å². The van der Waals surface area contributed by atoms with Crippen LogP contribution in [0.4, 0.5) is 14.5 Å². The lowest BCUT2D eigenvalue weighted by molar-refractivity contribution is -0.00896. The Labute approximate surface area is 207 Å². The molecule has 2 atom stereocenters. The third-order valence-corrected chi connectivity index (χ3v) is 7.13. The van der Waals surface area contributed by atoms with Crippen LogP contribution < -0.4 is 10.2 Å². The first kappa shape index (κ1) is 22.8. The lowest BCUT2D eigenvalue weighted by Crippen LogP contribution is -2.57. The molecule has 0 aliphatic carbocycles. The predicted octanol–water partition coefficient (Wildman–Crippen LogP) is 4.82. The Kier molecular flexibility index (Phi) is 5.78. The molecule has 4 heterocycles. The molecular weight excluding hydrogens is 462 g/mol. The van der Waals surface area contributed by atoms with Gasteiger partial charge in [-0.25, -0.2) is 8.78 Å². The number of benzene rings is 2. The second-order valence-corrected chi connectivity index (χ2v) is 9.44.